The van der Waals surface area contributed by atoms with Gasteiger partial charge in [0.1, 0.15) is 5.75 Å². The van der Waals surface area contributed by atoms with Crippen LogP contribution in [0.4, 0.5) is 0 Å². The van der Waals surface area contributed by atoms with Crippen LogP contribution in [0.5, 0.6) is 5.75 Å². The van der Waals surface area contributed by atoms with Crippen molar-refractivity contribution in [3.8, 4) is 16.9 Å². The normalized spacial score (nSPS) is 9.29. The van der Waals surface area contributed by atoms with Crippen molar-refractivity contribution >= 4 is 0 Å². The molecule has 0 fully saturated rings. The van der Waals surface area contributed by atoms with Gasteiger partial charge in [0, 0.05) is 0 Å². The summed E-state index contributed by atoms with van der Waals surface area (Å²) in [5.74, 6) is 0.305. The average Bonchev–Trinajstić information content (AvgIpc) is 2.41. The van der Waals surface area contributed by atoms with Crippen molar-refractivity contribution in [1.82, 2.24) is 5.32 Å². The Hall–Kier alpha value is -1.80. The molecule has 0 saturated heterocycles. The Labute approximate surface area is 103 Å². The molecule has 2 N–H and O–H groups in total. The van der Waals surface area contributed by atoms with Crippen LogP contribution in [-0.4, -0.2) is 18.7 Å². The van der Waals surface area contributed by atoms with E-state index in [9.17, 15) is 0 Å². The SMILES string of the molecule is CCNC.Oc1ccc(-c2ccccc2)cc1. The molecule has 17 heavy (non-hydrogen) atoms. The van der Waals surface area contributed by atoms with Crippen LogP contribution in [0, 0.1) is 0 Å². The zero-order valence-corrected chi connectivity index (χ0v) is 10.4. The van der Waals surface area contributed by atoms with Gasteiger partial charge in [-0.25, -0.2) is 0 Å². The largest absolute Gasteiger partial charge is 0.508 e. The third-order valence-electron chi connectivity index (χ3n) is 2.33. The van der Waals surface area contributed by atoms with Crippen molar-refractivity contribution in [2.24, 2.45) is 0 Å². The van der Waals surface area contributed by atoms with Gasteiger partial charge in [-0.3, -0.25) is 0 Å². The van der Waals surface area contributed by atoms with E-state index in [1.165, 1.54) is 5.56 Å². The Kier molecular flexibility index (Phi) is 5.83. The van der Waals surface area contributed by atoms with E-state index in [-0.39, 0.29) is 0 Å². The van der Waals surface area contributed by atoms with Crippen LogP contribution >= 0.6 is 0 Å². The van der Waals surface area contributed by atoms with Crippen molar-refractivity contribution in [2.45, 2.75) is 6.92 Å². The van der Waals surface area contributed by atoms with Gasteiger partial charge in [-0.1, -0.05) is 49.4 Å². The van der Waals surface area contributed by atoms with E-state index in [0.29, 0.717) is 5.75 Å². The van der Waals surface area contributed by atoms with E-state index in [2.05, 4.69) is 12.2 Å². The van der Waals surface area contributed by atoms with Crippen molar-refractivity contribution in [2.75, 3.05) is 13.6 Å². The number of phenolic OH excluding ortho intramolecular Hbond substituents is 1. The lowest BCUT2D eigenvalue weighted by atomic mass is 10.1. The van der Waals surface area contributed by atoms with E-state index in [1.807, 2.05) is 49.5 Å². The van der Waals surface area contributed by atoms with Crippen LogP contribution in [0.15, 0.2) is 54.6 Å². The topological polar surface area (TPSA) is 32.3 Å². The van der Waals surface area contributed by atoms with E-state index >= 15 is 0 Å². The molecule has 0 aliphatic heterocycles. The van der Waals surface area contributed by atoms with Crippen molar-refractivity contribution in [3.63, 3.8) is 0 Å². The quantitative estimate of drug-likeness (QED) is 0.828. The van der Waals surface area contributed by atoms with E-state index < -0.39 is 0 Å². The summed E-state index contributed by atoms with van der Waals surface area (Å²) < 4.78 is 0. The number of aromatic hydroxyl groups is 1. The van der Waals surface area contributed by atoms with Gasteiger partial charge < -0.3 is 10.4 Å². The number of phenols is 1. The lowest BCUT2D eigenvalue weighted by Gasteiger charge is -2.00. The maximum atomic E-state index is 9.10. The summed E-state index contributed by atoms with van der Waals surface area (Å²) in [5.41, 5.74) is 2.29. The molecule has 2 aromatic rings. The summed E-state index contributed by atoms with van der Waals surface area (Å²) in [4.78, 5) is 0. The second kappa shape index (κ2) is 7.47. The minimum Gasteiger partial charge on any atom is -0.508 e. The Morgan fingerprint density at radius 2 is 1.35 bits per heavy atom. The second-order valence-corrected chi connectivity index (χ2v) is 3.62. The first-order valence-corrected chi connectivity index (χ1v) is 5.77. The molecule has 2 aromatic carbocycles. The van der Waals surface area contributed by atoms with Gasteiger partial charge in [0.05, 0.1) is 0 Å². The van der Waals surface area contributed by atoms with Gasteiger partial charge in [-0.15, -0.1) is 0 Å². The maximum Gasteiger partial charge on any atom is 0.115 e. The van der Waals surface area contributed by atoms with Gasteiger partial charge in [0.15, 0.2) is 0 Å². The highest BCUT2D eigenvalue weighted by Crippen LogP contribution is 2.20. The Morgan fingerprint density at radius 3 is 1.82 bits per heavy atom. The summed E-state index contributed by atoms with van der Waals surface area (Å²) in [7, 11) is 1.93. The van der Waals surface area contributed by atoms with Crippen LogP contribution < -0.4 is 5.32 Å². The number of hydrogen-bond donors (Lipinski definition) is 2. The first kappa shape index (κ1) is 13.3. The number of benzene rings is 2. The number of hydrogen-bond acceptors (Lipinski definition) is 2. The van der Waals surface area contributed by atoms with Crippen LogP contribution in [0.1, 0.15) is 6.92 Å². The molecule has 2 rings (SSSR count). The van der Waals surface area contributed by atoms with Crippen molar-refractivity contribution in [1.29, 1.82) is 0 Å². The summed E-state index contributed by atoms with van der Waals surface area (Å²) in [6.45, 7) is 3.14. The first-order valence-electron chi connectivity index (χ1n) is 5.77. The lowest BCUT2D eigenvalue weighted by molar-refractivity contribution is 0.475. The second-order valence-electron chi connectivity index (χ2n) is 3.62. The zero-order chi connectivity index (χ0) is 12.5. The standard InChI is InChI=1S/C12H10O.C3H9N/c13-12-8-6-11(7-9-12)10-4-2-1-3-5-10;1-3-4-2/h1-9,13H;4H,3H2,1-2H3. The molecule has 0 atom stereocenters. The minimum absolute atomic E-state index is 0.305. The molecule has 0 aliphatic rings. The van der Waals surface area contributed by atoms with E-state index in [4.69, 9.17) is 5.11 Å². The lowest BCUT2D eigenvalue weighted by Crippen LogP contribution is -2.01. The van der Waals surface area contributed by atoms with Gasteiger partial charge >= 0.3 is 0 Å². The van der Waals surface area contributed by atoms with Gasteiger partial charge in [-0.05, 0) is 36.9 Å². The molecular formula is C15H19NO. The molecule has 2 nitrogen and oxygen atoms in total. The fourth-order valence-corrected chi connectivity index (χ4v) is 1.28. The van der Waals surface area contributed by atoms with Crippen LogP contribution in [0.25, 0.3) is 11.1 Å². The van der Waals surface area contributed by atoms with Gasteiger partial charge in [-0.2, -0.15) is 0 Å². The van der Waals surface area contributed by atoms with E-state index in [0.717, 1.165) is 12.1 Å². The van der Waals surface area contributed by atoms with Crippen LogP contribution in [-0.2, 0) is 0 Å². The Balaban J connectivity index is 0.000000317. The highest BCUT2D eigenvalue weighted by Gasteiger charge is 1.94. The van der Waals surface area contributed by atoms with Gasteiger partial charge in [0.25, 0.3) is 0 Å². The Morgan fingerprint density at radius 1 is 0.882 bits per heavy atom. The van der Waals surface area contributed by atoms with Gasteiger partial charge in [0.2, 0.25) is 0 Å². The fourth-order valence-electron chi connectivity index (χ4n) is 1.28. The minimum atomic E-state index is 0.305. The molecule has 2 heteroatoms. The smallest absolute Gasteiger partial charge is 0.115 e. The maximum absolute atomic E-state index is 9.10. The highest BCUT2D eigenvalue weighted by molar-refractivity contribution is 5.63. The summed E-state index contributed by atoms with van der Waals surface area (Å²) in [5, 5.41) is 12.0. The Bertz CT molecular complexity index is 407. The molecule has 0 amide bonds. The molecule has 0 bridgehead atoms. The number of rotatable bonds is 2. The molecule has 0 spiro atoms. The third kappa shape index (κ3) is 4.70. The molecule has 0 heterocycles. The molecule has 0 unspecified atom stereocenters. The highest BCUT2D eigenvalue weighted by atomic mass is 16.3. The summed E-state index contributed by atoms with van der Waals surface area (Å²) >= 11 is 0. The average molecular weight is 229 g/mol. The molecule has 0 radical (unpaired) electrons. The predicted octanol–water partition coefficient (Wildman–Crippen LogP) is 3.28. The zero-order valence-electron chi connectivity index (χ0n) is 10.4. The first-order chi connectivity index (χ1) is 8.27. The predicted molar refractivity (Wildman–Crippen MR) is 73.1 cm³/mol. The van der Waals surface area contributed by atoms with Crippen LogP contribution in [0.3, 0.4) is 0 Å². The molecular weight excluding hydrogens is 210 g/mol. The van der Waals surface area contributed by atoms with Crippen LogP contribution in [0.2, 0.25) is 0 Å². The number of nitrogens with one attached hydrogen (secondary N) is 1. The summed E-state index contributed by atoms with van der Waals surface area (Å²) in [6, 6.07) is 17.3. The van der Waals surface area contributed by atoms with Crippen molar-refractivity contribution in [3.05, 3.63) is 54.6 Å². The molecule has 0 saturated carbocycles. The molecule has 0 aromatic heterocycles. The fraction of sp³-hybridized carbons (Fsp3) is 0.200. The third-order valence-corrected chi connectivity index (χ3v) is 2.33. The van der Waals surface area contributed by atoms with E-state index in [1.54, 1.807) is 12.1 Å². The monoisotopic (exact) mass is 229 g/mol. The molecule has 90 valence electrons. The van der Waals surface area contributed by atoms with Crippen molar-refractivity contribution < 1.29 is 5.11 Å². The summed E-state index contributed by atoms with van der Waals surface area (Å²) in [6.07, 6.45) is 0. The molecule has 0 aliphatic carbocycles.